The fourth-order valence-corrected chi connectivity index (χ4v) is 25.8. The summed E-state index contributed by atoms with van der Waals surface area (Å²) >= 11 is 0. The molecule has 0 fully saturated rings. The van der Waals surface area contributed by atoms with E-state index in [9.17, 15) is 38.9 Å². The molecule has 9 aromatic carbocycles. The number of rotatable bonds is 3. The first-order chi connectivity index (χ1) is 69.1. The molecular weight excluding hydrogens is 1940 g/mol. The maximum absolute atomic E-state index is 13.5. The minimum atomic E-state index is -4.98. The Kier molecular flexibility index (Phi) is 20.4. The molecule has 3 atom stereocenters. The number of benzene rings is 9. The van der Waals surface area contributed by atoms with Gasteiger partial charge in [-0.05, 0) is 16.2 Å². The van der Waals surface area contributed by atoms with E-state index >= 15 is 0 Å². The number of aliphatic imine (C=N–C) groups is 12. The van der Waals surface area contributed by atoms with Crippen molar-refractivity contribution >= 4 is 203 Å². The van der Waals surface area contributed by atoms with Gasteiger partial charge in [-0.25, -0.2) is 91.7 Å². The van der Waals surface area contributed by atoms with Gasteiger partial charge in [-0.1, -0.05) is 335 Å². The summed E-state index contributed by atoms with van der Waals surface area (Å²) in [5.41, 5.74) is 8.15. The van der Waals surface area contributed by atoms with E-state index in [4.69, 9.17) is 74.9 Å². The van der Waals surface area contributed by atoms with E-state index in [1.54, 1.807) is 98.8 Å². The summed E-state index contributed by atoms with van der Waals surface area (Å²) < 4.78 is 113. The minimum Gasteiger partial charge on any atom is -0.747 e. The standard InChI is InChI=1S/3C36H28N8O3S.Zn/c3*1-35(2,3)36(48(45,46)47)18-10-17-25-26(36)34-43-32-24-16-9-8-15-23(24)30(41-32)39-28-20-12-5-4-11-19(20)27(37-28)38-29-21-13-6-7-14-22(21)31(40-29)42-33(25)44-34;/h3*4-18,37H,1-3H3,(H,39,41,43)(H,45,46,47)(H,38,40,42,44);/q;;;+2/p-2. The third-order valence-electron chi connectivity index (χ3n) is 28.0. The largest absolute Gasteiger partial charge is 2.00 e. The summed E-state index contributed by atoms with van der Waals surface area (Å²) in [6.45, 7) is 15.8. The average Bonchev–Trinajstić information content (AvgIpc) is 1.57. The number of hydrogen-bond donors (Lipinski definition) is 10. The summed E-state index contributed by atoms with van der Waals surface area (Å²) in [7, 11) is -14.7. The number of anilines is 3. The van der Waals surface area contributed by atoms with Crippen LogP contribution in [0.15, 0.2) is 330 Å². The van der Waals surface area contributed by atoms with Crippen molar-refractivity contribution in [2.45, 2.75) is 76.6 Å². The third kappa shape index (κ3) is 13.9. The predicted octanol–water partition coefficient (Wildman–Crippen LogP) is 15.5. The molecule has 0 saturated heterocycles. The second-order valence-electron chi connectivity index (χ2n) is 39.2. The zero-order chi connectivity index (χ0) is 99.0. The topological polar surface area (TPSA) is 485 Å². The normalized spacial score (nSPS) is 19.0. The third-order valence-corrected chi connectivity index (χ3v) is 33.2. The molecule has 33 nitrogen and oxygen atoms in total. The van der Waals surface area contributed by atoms with Crippen LogP contribution in [-0.2, 0) is 64.1 Å². The zero-order valence-electron chi connectivity index (χ0n) is 78.8. The van der Waals surface area contributed by atoms with Crippen LogP contribution >= 0.6 is 0 Å². The molecular formula is C108H82N24O9S3Zn. The Bertz CT molecular complexity index is 8890. The summed E-state index contributed by atoms with van der Waals surface area (Å²) in [4.78, 5) is 94.7. The van der Waals surface area contributed by atoms with Gasteiger partial charge in [-0.2, -0.15) is 8.42 Å². The van der Waals surface area contributed by atoms with Crippen LogP contribution < -0.4 is 48.1 Å². The monoisotopic (exact) mass is 2020 g/mol. The Labute approximate surface area is 839 Å². The molecule has 145 heavy (non-hydrogen) atoms. The number of nitrogens with one attached hydrogen (secondary N) is 9. The van der Waals surface area contributed by atoms with Crippen molar-refractivity contribution in [3.8, 4) is 0 Å². The quantitative estimate of drug-likeness (QED) is 0.0583. The smallest absolute Gasteiger partial charge is 0.747 e. The van der Waals surface area contributed by atoms with Crippen molar-refractivity contribution in [2.24, 2.45) is 91.1 Å². The Morgan fingerprint density at radius 1 is 0.255 bits per heavy atom. The first-order valence-corrected chi connectivity index (χ1v) is 50.5. The van der Waals surface area contributed by atoms with Crippen LogP contribution in [0.1, 0.15) is 146 Å². The maximum atomic E-state index is 13.5. The second-order valence-corrected chi connectivity index (χ2v) is 43.9. The number of nitrogens with zero attached hydrogens (tertiary/aromatic N) is 15. The van der Waals surface area contributed by atoms with Gasteiger partial charge in [-0.3, -0.25) is 4.55 Å². The molecule has 9 aliphatic heterocycles. The van der Waals surface area contributed by atoms with E-state index < -0.39 is 60.8 Å². The van der Waals surface area contributed by atoms with Gasteiger partial charge in [0.25, 0.3) is 10.1 Å². The van der Waals surface area contributed by atoms with Crippen LogP contribution in [0, 0.1) is 16.2 Å². The minimum absolute atomic E-state index is 0. The Hall–Kier alpha value is -16.5. The molecule has 15 heterocycles. The number of aromatic amines is 6. The van der Waals surface area contributed by atoms with E-state index in [1.807, 2.05) is 218 Å². The molecule has 0 radical (unpaired) electrons. The molecule has 0 saturated carbocycles. The molecule has 0 spiro atoms. The molecule has 27 rings (SSSR count). The van der Waals surface area contributed by atoms with Gasteiger partial charge in [-0.15, -0.1) is 0 Å². The molecule has 708 valence electrons. The van der Waals surface area contributed by atoms with Crippen molar-refractivity contribution in [3.63, 3.8) is 0 Å². The van der Waals surface area contributed by atoms with Crippen LogP contribution in [0.3, 0.4) is 0 Å². The molecule has 12 aliphatic rings. The summed E-state index contributed by atoms with van der Waals surface area (Å²) in [6.07, 6.45) is 14.7. The number of fused-ring (bicyclic) bond motifs is 54. The van der Waals surface area contributed by atoms with Gasteiger partial charge in [0.1, 0.15) is 121 Å². The van der Waals surface area contributed by atoms with Crippen LogP contribution in [0.2, 0.25) is 0 Å². The van der Waals surface area contributed by atoms with Gasteiger partial charge in [0.05, 0.1) is 0 Å². The van der Waals surface area contributed by atoms with Crippen molar-refractivity contribution in [1.82, 2.24) is 29.9 Å². The van der Waals surface area contributed by atoms with Gasteiger partial charge < -0.3 is 55.0 Å². The van der Waals surface area contributed by atoms with Crippen LogP contribution in [0.5, 0.6) is 0 Å². The number of allylic oxidation sites excluding steroid dienone is 3. The van der Waals surface area contributed by atoms with E-state index in [-0.39, 0.29) is 42.2 Å². The molecule has 24 bridgehead atoms. The molecule has 10 N–H and O–H groups in total. The summed E-state index contributed by atoms with van der Waals surface area (Å²) in [5.74, 6) is 9.71. The number of H-pyrrole nitrogens is 6. The summed E-state index contributed by atoms with van der Waals surface area (Å²) in [5, 5.41) is 16.8. The first-order valence-electron chi connectivity index (χ1n) is 46.3. The number of aromatic nitrogens is 6. The van der Waals surface area contributed by atoms with Crippen LogP contribution in [0.4, 0.5) is 52.4 Å². The molecule has 0 amide bonds. The van der Waals surface area contributed by atoms with Crippen LogP contribution in [-0.4, -0.2) is 139 Å². The van der Waals surface area contributed by atoms with Gasteiger partial charge in [0, 0.05) is 131 Å². The fraction of sp³-hybridized carbons (Fsp3) is 0.139. The van der Waals surface area contributed by atoms with Gasteiger partial charge in [0.15, 0.2) is 52.5 Å². The van der Waals surface area contributed by atoms with Crippen molar-refractivity contribution in [1.29, 1.82) is 0 Å². The molecule has 37 heteroatoms. The number of hydrogen-bond acceptors (Lipinski definition) is 26. The van der Waals surface area contributed by atoms with Gasteiger partial charge in [0.2, 0.25) is 0 Å². The Balaban J connectivity index is 0.000000116. The van der Waals surface area contributed by atoms with Crippen molar-refractivity contribution in [2.75, 3.05) is 16.0 Å². The Morgan fingerprint density at radius 2 is 0.448 bits per heavy atom. The van der Waals surface area contributed by atoms with E-state index in [0.717, 1.165) is 99.1 Å². The molecule has 15 aromatic rings. The number of amidine groups is 12. The van der Waals surface area contributed by atoms with E-state index in [0.29, 0.717) is 148 Å². The van der Waals surface area contributed by atoms with Crippen molar-refractivity contribution in [3.05, 3.63) is 370 Å². The molecule has 6 aromatic heterocycles. The second kappa shape index (κ2) is 32.5. The predicted molar refractivity (Wildman–Crippen MR) is 561 cm³/mol. The first kappa shape index (κ1) is 91.0. The van der Waals surface area contributed by atoms with Crippen LogP contribution in [0.25, 0.3) is 50.5 Å². The van der Waals surface area contributed by atoms with E-state index in [2.05, 4.69) is 45.9 Å². The molecule has 3 unspecified atom stereocenters. The SMILES string of the molecule is CC(C)(C)C1(S(=O)(=O)O)C=CC=c2c1c1[nH]c2=NC2=NC(=Nc3[nH]c(c4ccccc34)N=C3N=C(N1)c1ccccc13)c1ccccc12.CC(C)(C)C1(S(=O)(=O)[O-])C=CC=c2c1c1[nH]c2=NC2=NC(=Nc3[nH]c(c4ccccc34)N=C3N=C(N1)c1ccccc13)c1ccccc12.CC(C)(C)C1(S(=O)(=O)[O-])C=CC=c2c1c1[nH]c2=NC2=NC(=Nc3[nH]c(c4ccccc34)N=C3N=C(N1)c1ccccc13)c1ccccc12.[Zn+2]. The molecule has 3 aliphatic carbocycles. The van der Waals surface area contributed by atoms with Gasteiger partial charge >= 0.3 is 19.5 Å². The summed E-state index contributed by atoms with van der Waals surface area (Å²) in [6, 6.07) is 69.7. The van der Waals surface area contributed by atoms with E-state index in [1.165, 1.54) is 18.2 Å². The zero-order valence-corrected chi connectivity index (χ0v) is 84.3. The van der Waals surface area contributed by atoms with Crippen molar-refractivity contribution < 1.29 is 58.4 Å². The Morgan fingerprint density at radius 3 is 0.669 bits per heavy atom. The fourth-order valence-electron chi connectivity index (χ4n) is 21.4. The average molecular weight is 2020 g/mol. The maximum Gasteiger partial charge on any atom is 2.00 e.